The lowest BCUT2D eigenvalue weighted by Gasteiger charge is -2.18. The average molecular weight is 314 g/mol. The number of hydrogen-bond donors (Lipinski definition) is 1. The summed E-state index contributed by atoms with van der Waals surface area (Å²) >= 11 is 7.54. The molecule has 1 unspecified atom stereocenters. The van der Waals surface area contributed by atoms with E-state index in [1.807, 2.05) is 12.1 Å². The minimum atomic E-state index is -0.352. The maximum Gasteiger partial charge on any atom is 0.165 e. The molecule has 0 amide bonds. The van der Waals surface area contributed by atoms with Crippen molar-refractivity contribution < 1.29 is 9.13 Å². The molecule has 0 radical (unpaired) electrons. The van der Waals surface area contributed by atoms with Crippen LogP contribution in [0.1, 0.15) is 29.8 Å². The van der Waals surface area contributed by atoms with Gasteiger partial charge < -0.3 is 10.1 Å². The summed E-state index contributed by atoms with van der Waals surface area (Å²) in [5, 5.41) is 3.46. The van der Waals surface area contributed by atoms with Crippen LogP contribution in [0, 0.1) is 5.82 Å². The quantitative estimate of drug-likeness (QED) is 0.839. The fraction of sp³-hybridized carbons (Fsp3) is 0.333. The number of nitrogens with one attached hydrogen (secondary N) is 1. The third kappa shape index (κ3) is 3.51. The minimum Gasteiger partial charge on any atom is -0.494 e. The highest BCUT2D eigenvalue weighted by Gasteiger charge is 2.17. The van der Waals surface area contributed by atoms with Crippen molar-refractivity contribution in [2.75, 3.05) is 13.7 Å². The number of hydrogen-bond acceptors (Lipinski definition) is 3. The highest BCUT2D eigenvalue weighted by molar-refractivity contribution is 7.16. The highest BCUT2D eigenvalue weighted by atomic mass is 35.5. The van der Waals surface area contributed by atoms with Crippen molar-refractivity contribution in [3.8, 4) is 5.75 Å². The number of halogens is 2. The van der Waals surface area contributed by atoms with Crippen molar-refractivity contribution in [2.24, 2.45) is 0 Å². The van der Waals surface area contributed by atoms with Crippen LogP contribution in [0.25, 0.3) is 0 Å². The van der Waals surface area contributed by atoms with Gasteiger partial charge in [-0.25, -0.2) is 4.39 Å². The molecule has 0 saturated heterocycles. The van der Waals surface area contributed by atoms with Crippen molar-refractivity contribution in [2.45, 2.75) is 19.4 Å². The van der Waals surface area contributed by atoms with Crippen molar-refractivity contribution in [1.29, 1.82) is 0 Å². The van der Waals surface area contributed by atoms with Crippen LogP contribution >= 0.6 is 22.9 Å². The van der Waals surface area contributed by atoms with E-state index in [1.165, 1.54) is 24.5 Å². The molecule has 1 atom stereocenters. The van der Waals surface area contributed by atoms with Gasteiger partial charge in [0.05, 0.1) is 17.5 Å². The molecule has 0 bridgehead atoms. The van der Waals surface area contributed by atoms with E-state index in [4.69, 9.17) is 16.3 Å². The summed E-state index contributed by atoms with van der Waals surface area (Å²) in [5.74, 6) is -0.0943. The first-order valence-corrected chi connectivity index (χ1v) is 7.67. The predicted molar refractivity (Wildman–Crippen MR) is 82.4 cm³/mol. The van der Waals surface area contributed by atoms with Crippen LogP contribution in [0.3, 0.4) is 0 Å². The standard InChI is InChI=1S/C15H17ClFNOS/c1-3-8-18-15(13-6-7-14(16)20-13)10-4-5-11(17)12(9-10)19-2/h4-7,9,15,18H,3,8H2,1-2H3. The van der Waals surface area contributed by atoms with Crippen molar-refractivity contribution in [3.05, 3.63) is 50.9 Å². The highest BCUT2D eigenvalue weighted by Crippen LogP contribution is 2.33. The maximum absolute atomic E-state index is 13.5. The lowest BCUT2D eigenvalue weighted by atomic mass is 10.0. The van der Waals surface area contributed by atoms with Gasteiger partial charge in [0.2, 0.25) is 0 Å². The summed E-state index contributed by atoms with van der Waals surface area (Å²) < 4.78 is 19.3. The lowest BCUT2D eigenvalue weighted by molar-refractivity contribution is 0.385. The summed E-state index contributed by atoms with van der Waals surface area (Å²) in [6.07, 6.45) is 1.02. The van der Waals surface area contributed by atoms with Crippen molar-refractivity contribution in [3.63, 3.8) is 0 Å². The molecule has 0 aliphatic carbocycles. The molecule has 0 spiro atoms. The molecular weight excluding hydrogens is 297 g/mol. The van der Waals surface area contributed by atoms with E-state index in [1.54, 1.807) is 12.1 Å². The molecule has 1 N–H and O–H groups in total. The van der Waals surface area contributed by atoms with E-state index in [9.17, 15) is 4.39 Å². The van der Waals surface area contributed by atoms with Crippen molar-refractivity contribution in [1.82, 2.24) is 5.32 Å². The van der Waals surface area contributed by atoms with E-state index >= 15 is 0 Å². The van der Waals surface area contributed by atoms with Gasteiger partial charge in [0, 0.05) is 4.88 Å². The Morgan fingerprint density at radius 1 is 1.35 bits per heavy atom. The molecule has 0 saturated carbocycles. The van der Waals surface area contributed by atoms with Gasteiger partial charge in [0.25, 0.3) is 0 Å². The second kappa shape index (κ2) is 7.07. The Bertz CT molecular complexity index is 573. The zero-order valence-electron chi connectivity index (χ0n) is 11.5. The number of benzene rings is 1. The fourth-order valence-electron chi connectivity index (χ4n) is 2.01. The third-order valence-corrected chi connectivity index (χ3v) is 4.28. The van der Waals surface area contributed by atoms with Crippen LogP contribution in [-0.4, -0.2) is 13.7 Å². The van der Waals surface area contributed by atoms with Crippen LogP contribution < -0.4 is 10.1 Å². The molecular formula is C15H17ClFNOS. The SMILES string of the molecule is CCCNC(c1ccc(F)c(OC)c1)c1ccc(Cl)s1. The van der Waals surface area contributed by atoms with Crippen molar-refractivity contribution >= 4 is 22.9 Å². The summed E-state index contributed by atoms with van der Waals surface area (Å²) in [7, 11) is 1.47. The Kier molecular flexibility index (Phi) is 5.40. The lowest BCUT2D eigenvalue weighted by Crippen LogP contribution is -2.22. The molecule has 2 nitrogen and oxygen atoms in total. The summed E-state index contributed by atoms with van der Waals surface area (Å²) in [5.41, 5.74) is 0.968. The van der Waals surface area contributed by atoms with Gasteiger partial charge in [-0.05, 0) is 42.8 Å². The Morgan fingerprint density at radius 3 is 2.75 bits per heavy atom. The van der Waals surface area contributed by atoms with E-state index in [-0.39, 0.29) is 17.6 Å². The normalized spacial score (nSPS) is 12.4. The zero-order valence-corrected chi connectivity index (χ0v) is 13.0. The second-order valence-electron chi connectivity index (χ2n) is 4.42. The molecule has 20 heavy (non-hydrogen) atoms. The summed E-state index contributed by atoms with van der Waals surface area (Å²) in [6, 6.07) is 8.82. The Labute approximate surface area is 127 Å². The first kappa shape index (κ1) is 15.3. The topological polar surface area (TPSA) is 21.3 Å². The molecule has 2 rings (SSSR count). The van der Waals surface area contributed by atoms with Crippen LogP contribution in [0.5, 0.6) is 5.75 Å². The number of thiophene rings is 1. The average Bonchev–Trinajstić information content (AvgIpc) is 2.87. The molecule has 108 valence electrons. The molecule has 1 aromatic heterocycles. The van der Waals surface area contributed by atoms with Gasteiger partial charge in [-0.15, -0.1) is 11.3 Å². The van der Waals surface area contributed by atoms with Gasteiger partial charge in [-0.1, -0.05) is 24.6 Å². The van der Waals surface area contributed by atoms with Gasteiger partial charge in [0.15, 0.2) is 11.6 Å². The van der Waals surface area contributed by atoms with Crippen LogP contribution in [0.4, 0.5) is 4.39 Å². The Hall–Kier alpha value is -1.10. The maximum atomic E-state index is 13.5. The molecule has 0 aliphatic heterocycles. The van der Waals surface area contributed by atoms with Crippen LogP contribution in [-0.2, 0) is 0 Å². The monoisotopic (exact) mass is 313 g/mol. The molecule has 2 aromatic rings. The fourth-order valence-corrected chi connectivity index (χ4v) is 3.18. The minimum absolute atomic E-state index is 0.00181. The molecule has 0 fully saturated rings. The summed E-state index contributed by atoms with van der Waals surface area (Å²) in [4.78, 5) is 1.11. The molecule has 1 aromatic carbocycles. The first-order chi connectivity index (χ1) is 9.65. The number of ether oxygens (including phenoxy) is 1. The van der Waals surface area contributed by atoms with Gasteiger partial charge in [-0.2, -0.15) is 0 Å². The second-order valence-corrected chi connectivity index (χ2v) is 6.17. The van der Waals surface area contributed by atoms with Gasteiger partial charge in [0.1, 0.15) is 0 Å². The van der Waals surface area contributed by atoms with E-state index in [0.717, 1.165) is 27.7 Å². The Balaban J connectivity index is 2.35. The van der Waals surface area contributed by atoms with Gasteiger partial charge in [-0.3, -0.25) is 0 Å². The smallest absolute Gasteiger partial charge is 0.165 e. The molecule has 1 heterocycles. The van der Waals surface area contributed by atoms with Gasteiger partial charge >= 0.3 is 0 Å². The Morgan fingerprint density at radius 2 is 2.15 bits per heavy atom. The van der Waals surface area contributed by atoms with Crippen LogP contribution in [0.15, 0.2) is 30.3 Å². The first-order valence-electron chi connectivity index (χ1n) is 6.47. The number of methoxy groups -OCH3 is 1. The largest absolute Gasteiger partial charge is 0.494 e. The number of rotatable bonds is 6. The zero-order chi connectivity index (χ0) is 14.5. The summed E-state index contributed by atoms with van der Waals surface area (Å²) in [6.45, 7) is 2.98. The third-order valence-electron chi connectivity index (χ3n) is 2.99. The van der Waals surface area contributed by atoms with Crippen LogP contribution in [0.2, 0.25) is 4.34 Å². The van der Waals surface area contributed by atoms with E-state index < -0.39 is 0 Å². The predicted octanol–water partition coefficient (Wildman–Crippen LogP) is 4.64. The van der Waals surface area contributed by atoms with E-state index in [2.05, 4.69) is 12.2 Å². The molecule has 5 heteroatoms. The van der Waals surface area contributed by atoms with E-state index in [0.29, 0.717) is 0 Å². The molecule has 0 aliphatic rings.